The van der Waals surface area contributed by atoms with Crippen molar-refractivity contribution in [3.05, 3.63) is 0 Å². The van der Waals surface area contributed by atoms with Crippen molar-refractivity contribution in [3.8, 4) is 0 Å². The molecule has 5 nitrogen and oxygen atoms in total. The number of rotatable bonds is 1. The first-order valence-electron chi connectivity index (χ1n) is 5.98. The van der Waals surface area contributed by atoms with Crippen molar-refractivity contribution in [2.24, 2.45) is 17.8 Å². The Bertz CT molecular complexity index is 347. The lowest BCUT2D eigenvalue weighted by molar-refractivity contribution is -0.149. The Morgan fingerprint density at radius 3 is 2.47 bits per heavy atom. The normalized spacial score (nSPS) is 31.7. The number of nitrogens with zero attached hydrogens (tertiary/aromatic N) is 1. The predicted molar refractivity (Wildman–Crippen MR) is 60.5 cm³/mol. The average Bonchev–Trinajstić information content (AvgIpc) is 2.40. The molecule has 1 saturated carbocycles. The van der Waals surface area contributed by atoms with Gasteiger partial charge < -0.3 is 14.7 Å². The third-order valence-electron chi connectivity index (χ3n) is 3.53. The van der Waals surface area contributed by atoms with Gasteiger partial charge in [0.05, 0.1) is 5.92 Å². The minimum Gasteiger partial charge on any atom is -0.481 e. The van der Waals surface area contributed by atoms with Crippen LogP contribution < -0.4 is 0 Å². The first-order chi connectivity index (χ1) is 7.78. The molecule has 0 bridgehead atoms. The van der Waals surface area contributed by atoms with Crippen LogP contribution in [0.3, 0.4) is 0 Å². The predicted octanol–water partition coefficient (Wildman–Crippen LogP) is 1.57. The highest BCUT2D eigenvalue weighted by Gasteiger charge is 2.51. The molecule has 96 valence electrons. The zero-order valence-electron chi connectivity index (χ0n) is 10.5. The molecule has 1 saturated heterocycles. The van der Waals surface area contributed by atoms with Gasteiger partial charge in [0.25, 0.3) is 0 Å². The molecule has 1 N–H and O–H groups in total. The lowest BCUT2D eigenvalue weighted by Gasteiger charge is -2.35. The van der Waals surface area contributed by atoms with E-state index in [1.165, 1.54) is 0 Å². The Morgan fingerprint density at radius 1 is 1.29 bits per heavy atom. The highest BCUT2D eigenvalue weighted by Crippen LogP contribution is 2.45. The molecule has 1 amide bonds. The number of carbonyl (C=O) groups is 2. The number of aliphatic carboxylic acids is 1. The maximum Gasteiger partial charge on any atom is 0.410 e. The van der Waals surface area contributed by atoms with Crippen molar-refractivity contribution >= 4 is 12.1 Å². The van der Waals surface area contributed by atoms with E-state index in [-0.39, 0.29) is 17.9 Å². The number of carboxylic acids is 1. The van der Waals surface area contributed by atoms with Crippen molar-refractivity contribution in [1.82, 2.24) is 4.90 Å². The standard InChI is InChI=1S/C12H19NO4/c1-12(2,3)17-11(16)13-5-7-4-8(10(14)15)9(7)6-13/h7-9H,4-6H2,1-3H3,(H,14,15)/t7-,8+,9+/m0/s1. The molecule has 1 aliphatic carbocycles. The molecule has 1 aliphatic heterocycles. The van der Waals surface area contributed by atoms with Gasteiger partial charge in [0.2, 0.25) is 0 Å². The molecule has 1 heterocycles. The van der Waals surface area contributed by atoms with Crippen LogP contribution in [0.1, 0.15) is 27.2 Å². The molecule has 2 aliphatic rings. The molecule has 2 rings (SSSR count). The van der Waals surface area contributed by atoms with Crippen LogP contribution in [0.5, 0.6) is 0 Å². The fourth-order valence-corrected chi connectivity index (χ4v) is 2.67. The summed E-state index contributed by atoms with van der Waals surface area (Å²) >= 11 is 0. The van der Waals surface area contributed by atoms with Gasteiger partial charge in [-0.15, -0.1) is 0 Å². The fourth-order valence-electron chi connectivity index (χ4n) is 2.67. The van der Waals surface area contributed by atoms with Crippen molar-refractivity contribution in [1.29, 1.82) is 0 Å². The van der Waals surface area contributed by atoms with Crippen LogP contribution in [0.25, 0.3) is 0 Å². The van der Waals surface area contributed by atoms with Crippen molar-refractivity contribution in [3.63, 3.8) is 0 Å². The molecule has 3 atom stereocenters. The van der Waals surface area contributed by atoms with Crippen LogP contribution in [-0.4, -0.2) is 40.8 Å². The van der Waals surface area contributed by atoms with Gasteiger partial charge in [0.1, 0.15) is 5.60 Å². The summed E-state index contributed by atoms with van der Waals surface area (Å²) in [4.78, 5) is 24.3. The lowest BCUT2D eigenvalue weighted by Crippen LogP contribution is -2.40. The first kappa shape index (κ1) is 12.2. The van der Waals surface area contributed by atoms with Crippen LogP contribution in [0.15, 0.2) is 0 Å². The van der Waals surface area contributed by atoms with E-state index in [4.69, 9.17) is 9.84 Å². The third-order valence-corrected chi connectivity index (χ3v) is 3.53. The highest BCUT2D eigenvalue weighted by atomic mass is 16.6. The largest absolute Gasteiger partial charge is 0.481 e. The van der Waals surface area contributed by atoms with Gasteiger partial charge in [-0.25, -0.2) is 4.79 Å². The summed E-state index contributed by atoms with van der Waals surface area (Å²) in [5.74, 6) is -0.534. The Morgan fingerprint density at radius 2 is 1.94 bits per heavy atom. The number of hydrogen-bond acceptors (Lipinski definition) is 3. The minimum absolute atomic E-state index is 0.125. The quantitative estimate of drug-likeness (QED) is 0.756. The molecule has 0 aromatic heterocycles. The number of hydrogen-bond donors (Lipinski definition) is 1. The second-order valence-electron chi connectivity index (χ2n) is 5.99. The van der Waals surface area contributed by atoms with Crippen molar-refractivity contribution in [2.75, 3.05) is 13.1 Å². The van der Waals surface area contributed by atoms with Crippen LogP contribution in [0.4, 0.5) is 4.79 Å². The second-order valence-corrected chi connectivity index (χ2v) is 5.99. The fraction of sp³-hybridized carbons (Fsp3) is 0.833. The number of fused-ring (bicyclic) bond motifs is 1. The maximum absolute atomic E-state index is 11.8. The van der Waals surface area contributed by atoms with Gasteiger partial charge in [0, 0.05) is 13.1 Å². The average molecular weight is 241 g/mol. The summed E-state index contributed by atoms with van der Waals surface area (Å²) in [6.45, 7) is 6.65. The molecular formula is C12H19NO4. The topological polar surface area (TPSA) is 66.8 Å². The molecule has 17 heavy (non-hydrogen) atoms. The van der Waals surface area contributed by atoms with Gasteiger partial charge >= 0.3 is 12.1 Å². The number of carboxylic acid groups (broad SMARTS) is 1. The Hall–Kier alpha value is -1.26. The summed E-state index contributed by atoms with van der Waals surface area (Å²) in [6, 6.07) is 0. The van der Waals surface area contributed by atoms with Crippen LogP contribution in [0, 0.1) is 17.8 Å². The summed E-state index contributed by atoms with van der Waals surface area (Å²) < 4.78 is 5.28. The molecule has 0 aromatic carbocycles. The van der Waals surface area contributed by atoms with Gasteiger partial charge in [-0.2, -0.15) is 0 Å². The molecule has 0 radical (unpaired) electrons. The Labute approximate surface area is 101 Å². The number of likely N-dealkylation sites (tertiary alicyclic amines) is 1. The monoisotopic (exact) mass is 241 g/mol. The molecular weight excluding hydrogens is 222 g/mol. The highest BCUT2D eigenvalue weighted by molar-refractivity contribution is 5.73. The summed E-state index contributed by atoms with van der Waals surface area (Å²) in [7, 11) is 0. The summed E-state index contributed by atoms with van der Waals surface area (Å²) in [5, 5.41) is 8.96. The molecule has 5 heteroatoms. The zero-order chi connectivity index (χ0) is 12.8. The number of carbonyl (C=O) groups excluding carboxylic acids is 1. The minimum atomic E-state index is -0.739. The smallest absolute Gasteiger partial charge is 0.410 e. The van der Waals surface area contributed by atoms with E-state index in [2.05, 4.69) is 0 Å². The Balaban J connectivity index is 1.91. The second kappa shape index (κ2) is 3.89. The number of amides is 1. The van der Waals surface area contributed by atoms with Gasteiger partial charge in [-0.1, -0.05) is 0 Å². The van der Waals surface area contributed by atoms with E-state index in [0.717, 1.165) is 0 Å². The third kappa shape index (κ3) is 2.37. The van der Waals surface area contributed by atoms with Crippen LogP contribution in [-0.2, 0) is 9.53 Å². The summed E-state index contributed by atoms with van der Waals surface area (Å²) in [6.07, 6.45) is 0.371. The molecule has 0 unspecified atom stereocenters. The van der Waals surface area contributed by atoms with E-state index in [1.54, 1.807) is 4.90 Å². The van der Waals surface area contributed by atoms with E-state index in [9.17, 15) is 9.59 Å². The maximum atomic E-state index is 11.8. The van der Waals surface area contributed by atoms with E-state index in [0.29, 0.717) is 25.4 Å². The van der Waals surface area contributed by atoms with E-state index >= 15 is 0 Å². The zero-order valence-corrected chi connectivity index (χ0v) is 10.5. The van der Waals surface area contributed by atoms with Crippen molar-refractivity contribution < 1.29 is 19.4 Å². The molecule has 0 aromatic rings. The van der Waals surface area contributed by atoms with Crippen molar-refractivity contribution in [2.45, 2.75) is 32.8 Å². The lowest BCUT2D eigenvalue weighted by atomic mass is 9.67. The summed E-state index contributed by atoms with van der Waals surface area (Å²) in [5.41, 5.74) is -0.495. The van der Waals surface area contributed by atoms with Gasteiger partial charge in [-0.05, 0) is 39.0 Å². The Kier molecular flexibility index (Phi) is 2.79. The molecule has 0 spiro atoms. The SMILES string of the molecule is CC(C)(C)OC(=O)N1C[C@@H]2C[C@@H](C(=O)O)[C@@H]2C1. The van der Waals surface area contributed by atoms with Gasteiger partial charge in [-0.3, -0.25) is 4.79 Å². The number of ether oxygens (including phenoxy) is 1. The van der Waals surface area contributed by atoms with Crippen LogP contribution in [0.2, 0.25) is 0 Å². The van der Waals surface area contributed by atoms with Gasteiger partial charge in [0.15, 0.2) is 0 Å². The first-order valence-corrected chi connectivity index (χ1v) is 5.98. The molecule has 2 fully saturated rings. The van der Waals surface area contributed by atoms with Crippen LogP contribution >= 0.6 is 0 Å². The van der Waals surface area contributed by atoms with E-state index < -0.39 is 11.6 Å². The van der Waals surface area contributed by atoms with E-state index in [1.807, 2.05) is 20.8 Å².